The van der Waals surface area contributed by atoms with E-state index >= 15 is 0 Å². The van der Waals surface area contributed by atoms with Crippen LogP contribution in [-0.4, -0.2) is 43.8 Å². The van der Waals surface area contributed by atoms with Crippen LogP contribution in [0.15, 0.2) is 54.6 Å². The second-order valence-corrected chi connectivity index (χ2v) is 7.58. The molecule has 0 bridgehead atoms. The third-order valence-corrected chi connectivity index (χ3v) is 5.38. The van der Waals surface area contributed by atoms with Gasteiger partial charge in [-0.2, -0.15) is 22.8 Å². The van der Waals surface area contributed by atoms with Crippen molar-refractivity contribution in [2.24, 2.45) is 0 Å². The zero-order chi connectivity index (χ0) is 23.0. The van der Waals surface area contributed by atoms with Crippen LogP contribution < -0.4 is 10.2 Å². The highest BCUT2D eigenvalue weighted by Gasteiger charge is 2.34. The average Bonchev–Trinajstić information content (AvgIpc) is 3.48. The van der Waals surface area contributed by atoms with Gasteiger partial charge in [0, 0.05) is 18.7 Å². The number of carbonyl (C=O) groups excluding carboxylic acids is 1. The molecule has 0 atom stereocenters. The van der Waals surface area contributed by atoms with E-state index in [1.54, 1.807) is 12.1 Å². The number of aromatic nitrogens is 5. The van der Waals surface area contributed by atoms with Gasteiger partial charge in [0.05, 0.1) is 11.3 Å². The zero-order valence-electron chi connectivity index (χ0n) is 17.3. The summed E-state index contributed by atoms with van der Waals surface area (Å²) in [6.07, 6.45) is -2.36. The van der Waals surface area contributed by atoms with Gasteiger partial charge in [-0.3, -0.25) is 4.79 Å². The van der Waals surface area contributed by atoms with Gasteiger partial charge >= 0.3 is 6.18 Å². The Morgan fingerprint density at radius 2 is 1.73 bits per heavy atom. The van der Waals surface area contributed by atoms with Gasteiger partial charge in [-0.1, -0.05) is 24.3 Å². The summed E-state index contributed by atoms with van der Waals surface area (Å²) in [5.74, 6) is 0.312. The number of rotatable bonds is 4. The lowest BCUT2D eigenvalue weighted by Gasteiger charge is -2.16. The van der Waals surface area contributed by atoms with E-state index < -0.39 is 17.6 Å². The maximum atomic E-state index is 13.4. The molecule has 1 aliphatic heterocycles. The molecule has 8 nitrogen and oxygen atoms in total. The molecule has 168 valence electrons. The minimum Gasteiger partial charge on any atom is -0.357 e. The number of anilines is 2. The topological polar surface area (TPSA) is 88.3 Å². The van der Waals surface area contributed by atoms with Gasteiger partial charge in [-0.05, 0) is 43.2 Å². The van der Waals surface area contributed by atoms with Crippen LogP contribution in [0.3, 0.4) is 0 Å². The van der Waals surface area contributed by atoms with E-state index in [1.165, 1.54) is 30.3 Å². The van der Waals surface area contributed by atoms with Crippen LogP contribution >= 0.6 is 0 Å². The molecule has 0 unspecified atom stereocenters. The number of fused-ring (bicyclic) bond motifs is 1. The van der Waals surface area contributed by atoms with Crippen molar-refractivity contribution >= 4 is 23.2 Å². The predicted molar refractivity (Wildman–Crippen MR) is 115 cm³/mol. The largest absolute Gasteiger partial charge is 0.417 e. The Labute approximate surface area is 186 Å². The van der Waals surface area contributed by atoms with Crippen LogP contribution in [0.2, 0.25) is 0 Å². The summed E-state index contributed by atoms with van der Waals surface area (Å²) in [6.45, 7) is 1.82. The van der Waals surface area contributed by atoms with E-state index in [2.05, 4.69) is 30.5 Å². The Hall–Kier alpha value is -4.02. The van der Waals surface area contributed by atoms with Gasteiger partial charge in [-0.25, -0.2) is 4.98 Å². The van der Waals surface area contributed by atoms with Gasteiger partial charge in [0.2, 0.25) is 5.82 Å². The number of hydrogen-bond donors (Lipinski definition) is 1. The van der Waals surface area contributed by atoms with Gasteiger partial charge < -0.3 is 10.2 Å². The number of amides is 1. The fourth-order valence-electron chi connectivity index (χ4n) is 3.82. The lowest BCUT2D eigenvalue weighted by molar-refractivity contribution is -0.137. The highest BCUT2D eigenvalue weighted by Crippen LogP contribution is 2.36. The van der Waals surface area contributed by atoms with Crippen LogP contribution in [-0.2, 0) is 6.18 Å². The summed E-state index contributed by atoms with van der Waals surface area (Å²) in [6, 6.07) is 13.3. The van der Waals surface area contributed by atoms with Crippen molar-refractivity contribution < 1.29 is 18.0 Å². The van der Waals surface area contributed by atoms with Crippen molar-refractivity contribution in [1.82, 2.24) is 24.8 Å². The van der Waals surface area contributed by atoms with E-state index in [0.717, 1.165) is 42.3 Å². The molecule has 11 heteroatoms. The number of carbonyl (C=O) groups is 1. The molecular weight excluding hydrogens is 435 g/mol. The van der Waals surface area contributed by atoms with Gasteiger partial charge in [0.15, 0.2) is 5.65 Å². The Morgan fingerprint density at radius 1 is 0.939 bits per heavy atom. The number of halogens is 3. The Balaban J connectivity index is 1.47. The summed E-state index contributed by atoms with van der Waals surface area (Å²) in [4.78, 5) is 19.5. The van der Waals surface area contributed by atoms with E-state index in [9.17, 15) is 18.0 Å². The summed E-state index contributed by atoms with van der Waals surface area (Å²) in [5.41, 5.74) is -0.656. The van der Waals surface area contributed by atoms with Crippen LogP contribution in [0.25, 0.3) is 16.9 Å². The van der Waals surface area contributed by atoms with Crippen LogP contribution in [0, 0.1) is 0 Å². The normalized spacial score (nSPS) is 14.1. The third-order valence-electron chi connectivity index (χ3n) is 5.38. The first kappa shape index (κ1) is 20.9. The van der Waals surface area contributed by atoms with Crippen molar-refractivity contribution in [3.8, 4) is 11.3 Å². The standard InChI is InChI=1S/C22H18F3N7O/c23-22(24,25)15-7-2-1-6-14(15)16-10-11-19-28-29-20(32(19)30-16)21(33)27-17-8-5-9-18(26-17)31-12-3-4-13-31/h1-2,5-11H,3-4,12-13H2,(H,26,27,33). The fourth-order valence-corrected chi connectivity index (χ4v) is 3.82. The monoisotopic (exact) mass is 453 g/mol. The van der Waals surface area contributed by atoms with Crippen molar-refractivity contribution in [2.75, 3.05) is 23.3 Å². The minimum atomic E-state index is -4.55. The van der Waals surface area contributed by atoms with E-state index in [1.807, 2.05) is 6.07 Å². The SMILES string of the molecule is O=C(Nc1cccc(N2CCCC2)n1)c1nnc2ccc(-c3ccccc3C(F)(F)F)nn12. The highest BCUT2D eigenvalue weighted by molar-refractivity contribution is 6.01. The van der Waals surface area contributed by atoms with E-state index in [0.29, 0.717) is 5.82 Å². The molecular formula is C22H18F3N7O. The molecule has 33 heavy (non-hydrogen) atoms. The molecule has 5 rings (SSSR count). The van der Waals surface area contributed by atoms with Crippen LogP contribution in [0.4, 0.5) is 24.8 Å². The summed E-state index contributed by atoms with van der Waals surface area (Å²) in [5, 5.41) is 14.7. The predicted octanol–water partition coefficient (Wildman–Crippen LogP) is 4.06. The molecule has 1 aromatic carbocycles. The van der Waals surface area contributed by atoms with Crippen molar-refractivity contribution in [2.45, 2.75) is 19.0 Å². The lowest BCUT2D eigenvalue weighted by Crippen LogP contribution is -2.21. The minimum absolute atomic E-state index is 0.0402. The molecule has 0 spiro atoms. The second kappa shape index (κ2) is 8.15. The summed E-state index contributed by atoms with van der Waals surface area (Å²) >= 11 is 0. The molecule has 3 aromatic heterocycles. The summed E-state index contributed by atoms with van der Waals surface area (Å²) in [7, 11) is 0. The first-order chi connectivity index (χ1) is 15.9. The molecule has 1 aliphatic rings. The van der Waals surface area contributed by atoms with E-state index in [-0.39, 0.29) is 22.7 Å². The number of nitrogens with one attached hydrogen (secondary N) is 1. The Morgan fingerprint density at radius 3 is 2.52 bits per heavy atom. The van der Waals surface area contributed by atoms with E-state index in [4.69, 9.17) is 0 Å². The smallest absolute Gasteiger partial charge is 0.357 e. The third kappa shape index (κ3) is 4.09. The quantitative estimate of drug-likeness (QED) is 0.502. The maximum Gasteiger partial charge on any atom is 0.417 e. The molecule has 1 N–H and O–H groups in total. The average molecular weight is 453 g/mol. The molecule has 0 aliphatic carbocycles. The van der Waals surface area contributed by atoms with Crippen molar-refractivity contribution in [3.63, 3.8) is 0 Å². The van der Waals surface area contributed by atoms with Crippen molar-refractivity contribution in [3.05, 3.63) is 66.0 Å². The zero-order valence-corrected chi connectivity index (χ0v) is 17.3. The van der Waals surface area contributed by atoms with Gasteiger partial charge in [-0.15, -0.1) is 10.2 Å². The highest BCUT2D eigenvalue weighted by atomic mass is 19.4. The molecule has 1 fully saturated rings. The first-order valence-electron chi connectivity index (χ1n) is 10.3. The van der Waals surface area contributed by atoms with Crippen LogP contribution in [0.1, 0.15) is 29.0 Å². The van der Waals surface area contributed by atoms with Gasteiger partial charge in [0.25, 0.3) is 5.91 Å². The lowest BCUT2D eigenvalue weighted by atomic mass is 10.0. The fraction of sp³-hybridized carbons (Fsp3) is 0.227. The molecule has 1 saturated heterocycles. The van der Waals surface area contributed by atoms with Crippen LogP contribution in [0.5, 0.6) is 0 Å². The number of nitrogens with zero attached hydrogens (tertiary/aromatic N) is 6. The first-order valence-corrected chi connectivity index (χ1v) is 10.3. The molecule has 4 aromatic rings. The number of alkyl halides is 3. The Bertz CT molecular complexity index is 1330. The number of benzene rings is 1. The summed E-state index contributed by atoms with van der Waals surface area (Å²) < 4.78 is 41.5. The molecule has 4 heterocycles. The molecule has 1 amide bonds. The second-order valence-electron chi connectivity index (χ2n) is 7.58. The van der Waals surface area contributed by atoms with Gasteiger partial charge in [0.1, 0.15) is 11.6 Å². The number of hydrogen-bond acceptors (Lipinski definition) is 6. The molecule has 0 saturated carbocycles. The van der Waals surface area contributed by atoms with Crippen molar-refractivity contribution in [1.29, 1.82) is 0 Å². The maximum absolute atomic E-state index is 13.4. The Kier molecular flexibility index (Phi) is 5.15. The number of pyridine rings is 1. The molecule has 0 radical (unpaired) electrons.